The second-order valence-electron chi connectivity index (χ2n) is 5.79. The second-order valence-corrected chi connectivity index (χ2v) is 5.79. The maximum atomic E-state index is 13.1. The molecule has 0 heterocycles. The zero-order valence-corrected chi connectivity index (χ0v) is 13.8. The predicted molar refractivity (Wildman–Crippen MR) is 90.9 cm³/mol. The van der Waals surface area contributed by atoms with Crippen LogP contribution in [0.2, 0.25) is 0 Å². The van der Waals surface area contributed by atoms with Crippen molar-refractivity contribution < 1.29 is 14.0 Å². The normalized spacial score (nSPS) is 10.5. The van der Waals surface area contributed by atoms with E-state index in [1.165, 1.54) is 18.2 Å². The Balaban J connectivity index is 1.97. The van der Waals surface area contributed by atoms with Crippen LogP contribution >= 0.6 is 0 Å². The number of hydrogen-bond acceptors (Lipinski definition) is 2. The lowest BCUT2D eigenvalue weighted by atomic mass is 10.2. The van der Waals surface area contributed by atoms with Crippen LogP contribution in [0, 0.1) is 5.82 Å². The topological polar surface area (TPSA) is 49.4 Å². The van der Waals surface area contributed by atoms with E-state index in [0.29, 0.717) is 6.54 Å². The number of nitrogens with one attached hydrogen (secondary N) is 1. The zero-order chi connectivity index (χ0) is 17.5. The van der Waals surface area contributed by atoms with Gasteiger partial charge in [0.25, 0.3) is 5.91 Å². The first kappa shape index (κ1) is 17.7. The third kappa shape index (κ3) is 4.91. The number of halogens is 1. The summed E-state index contributed by atoms with van der Waals surface area (Å²) in [6.07, 6.45) is 0. The molecule has 0 unspecified atom stereocenters. The fraction of sp³-hybridized carbons (Fsp3) is 0.263. The van der Waals surface area contributed by atoms with Gasteiger partial charge in [0, 0.05) is 18.2 Å². The van der Waals surface area contributed by atoms with Crippen LogP contribution in [0.3, 0.4) is 0 Å². The first-order valence-corrected chi connectivity index (χ1v) is 7.84. The molecule has 0 aromatic heterocycles. The molecule has 2 rings (SSSR count). The molecule has 0 aliphatic heterocycles. The maximum Gasteiger partial charge on any atom is 0.251 e. The van der Waals surface area contributed by atoms with E-state index in [-0.39, 0.29) is 24.1 Å². The lowest BCUT2D eigenvalue weighted by Crippen LogP contribution is -2.43. The van der Waals surface area contributed by atoms with Gasteiger partial charge in [-0.15, -0.1) is 0 Å². The maximum absolute atomic E-state index is 13.1. The molecule has 0 aliphatic carbocycles. The van der Waals surface area contributed by atoms with E-state index >= 15 is 0 Å². The number of nitrogens with zero attached hydrogens (tertiary/aromatic N) is 1. The van der Waals surface area contributed by atoms with Crippen molar-refractivity contribution in [3.8, 4) is 0 Å². The number of carbonyl (C=O) groups is 2. The van der Waals surface area contributed by atoms with Gasteiger partial charge < -0.3 is 10.2 Å². The predicted octanol–water partition coefficient (Wildman–Crippen LogP) is 2.99. The lowest BCUT2D eigenvalue weighted by Gasteiger charge is -2.27. The summed E-state index contributed by atoms with van der Waals surface area (Å²) in [4.78, 5) is 26.1. The van der Waals surface area contributed by atoms with Gasteiger partial charge >= 0.3 is 0 Å². The highest BCUT2D eigenvalue weighted by atomic mass is 19.1. The minimum atomic E-state index is -0.484. The average molecular weight is 328 g/mol. The van der Waals surface area contributed by atoms with Crippen LogP contribution in [0.4, 0.5) is 4.39 Å². The number of amides is 2. The van der Waals surface area contributed by atoms with Crippen molar-refractivity contribution in [1.82, 2.24) is 10.2 Å². The molecular weight excluding hydrogens is 307 g/mol. The summed E-state index contributed by atoms with van der Waals surface area (Å²) >= 11 is 0. The molecule has 0 saturated carbocycles. The summed E-state index contributed by atoms with van der Waals surface area (Å²) in [6, 6.07) is 15.0. The molecule has 2 aromatic carbocycles. The summed E-state index contributed by atoms with van der Waals surface area (Å²) in [5.41, 5.74) is 1.22. The quantitative estimate of drug-likeness (QED) is 0.886. The molecule has 1 N–H and O–H groups in total. The van der Waals surface area contributed by atoms with Crippen LogP contribution in [0.25, 0.3) is 0 Å². The fourth-order valence-corrected chi connectivity index (χ4v) is 2.33. The average Bonchev–Trinajstić information content (AvgIpc) is 2.58. The van der Waals surface area contributed by atoms with Crippen molar-refractivity contribution in [2.75, 3.05) is 6.54 Å². The molecule has 0 bridgehead atoms. The highest BCUT2D eigenvalue weighted by Crippen LogP contribution is 2.09. The molecular formula is C19H21FN2O2. The van der Waals surface area contributed by atoms with Crippen LogP contribution in [0.5, 0.6) is 0 Å². The van der Waals surface area contributed by atoms with Crippen LogP contribution in [0.1, 0.15) is 29.8 Å². The summed E-state index contributed by atoms with van der Waals surface area (Å²) in [7, 11) is 0. The Morgan fingerprint density at radius 2 is 1.79 bits per heavy atom. The standard InChI is InChI=1S/C19H21FN2O2/c1-14(2)22(13-15-7-4-3-5-8-15)18(23)12-21-19(24)16-9-6-10-17(20)11-16/h3-11,14H,12-13H2,1-2H3,(H,21,24). The van der Waals surface area contributed by atoms with Crippen molar-refractivity contribution in [3.63, 3.8) is 0 Å². The van der Waals surface area contributed by atoms with E-state index in [1.807, 2.05) is 44.2 Å². The van der Waals surface area contributed by atoms with E-state index in [0.717, 1.165) is 11.6 Å². The Kier molecular flexibility index (Phi) is 6.07. The van der Waals surface area contributed by atoms with E-state index in [9.17, 15) is 14.0 Å². The molecule has 2 aromatic rings. The Hall–Kier alpha value is -2.69. The third-order valence-corrected chi connectivity index (χ3v) is 3.63. The van der Waals surface area contributed by atoms with E-state index in [4.69, 9.17) is 0 Å². The lowest BCUT2D eigenvalue weighted by molar-refractivity contribution is -0.132. The van der Waals surface area contributed by atoms with Crippen molar-refractivity contribution in [1.29, 1.82) is 0 Å². The smallest absolute Gasteiger partial charge is 0.251 e. The minimum absolute atomic E-state index is 0.00350. The van der Waals surface area contributed by atoms with Crippen molar-refractivity contribution in [3.05, 3.63) is 71.5 Å². The Morgan fingerprint density at radius 3 is 2.42 bits per heavy atom. The number of rotatable bonds is 6. The summed E-state index contributed by atoms with van der Waals surface area (Å²) < 4.78 is 13.1. The van der Waals surface area contributed by atoms with Gasteiger partial charge in [0.2, 0.25) is 5.91 Å². The third-order valence-electron chi connectivity index (χ3n) is 3.63. The summed E-state index contributed by atoms with van der Waals surface area (Å²) in [5.74, 6) is -1.13. The van der Waals surface area contributed by atoms with Crippen LogP contribution in [-0.4, -0.2) is 29.3 Å². The molecule has 0 atom stereocenters. The van der Waals surface area contributed by atoms with E-state index in [2.05, 4.69) is 5.32 Å². The number of benzene rings is 2. The molecule has 5 heteroatoms. The number of hydrogen-bond donors (Lipinski definition) is 1. The molecule has 24 heavy (non-hydrogen) atoms. The molecule has 0 aliphatic rings. The van der Waals surface area contributed by atoms with Crippen LogP contribution in [-0.2, 0) is 11.3 Å². The van der Waals surface area contributed by atoms with Gasteiger partial charge in [-0.25, -0.2) is 4.39 Å². The van der Waals surface area contributed by atoms with Gasteiger partial charge in [0.05, 0.1) is 6.54 Å². The van der Waals surface area contributed by atoms with Gasteiger partial charge in [-0.2, -0.15) is 0 Å². The molecule has 0 radical (unpaired) electrons. The Bertz CT molecular complexity index is 702. The van der Waals surface area contributed by atoms with Crippen LogP contribution in [0.15, 0.2) is 54.6 Å². The minimum Gasteiger partial charge on any atom is -0.343 e. The molecule has 0 saturated heterocycles. The Morgan fingerprint density at radius 1 is 1.08 bits per heavy atom. The first-order chi connectivity index (χ1) is 11.5. The molecule has 126 valence electrons. The molecule has 2 amide bonds. The van der Waals surface area contributed by atoms with Gasteiger partial charge in [-0.1, -0.05) is 36.4 Å². The second kappa shape index (κ2) is 8.24. The van der Waals surface area contributed by atoms with Crippen molar-refractivity contribution in [2.45, 2.75) is 26.4 Å². The van der Waals surface area contributed by atoms with Crippen molar-refractivity contribution in [2.24, 2.45) is 0 Å². The van der Waals surface area contributed by atoms with Gasteiger partial charge in [0.15, 0.2) is 0 Å². The summed E-state index contributed by atoms with van der Waals surface area (Å²) in [5, 5.41) is 2.55. The van der Waals surface area contributed by atoms with Gasteiger partial charge in [-0.05, 0) is 37.6 Å². The zero-order valence-electron chi connectivity index (χ0n) is 13.8. The highest BCUT2D eigenvalue weighted by molar-refractivity contribution is 5.96. The Labute approximate surface area is 141 Å². The molecule has 4 nitrogen and oxygen atoms in total. The first-order valence-electron chi connectivity index (χ1n) is 7.84. The van der Waals surface area contributed by atoms with E-state index < -0.39 is 11.7 Å². The van der Waals surface area contributed by atoms with Crippen molar-refractivity contribution >= 4 is 11.8 Å². The molecule has 0 spiro atoms. The van der Waals surface area contributed by atoms with Crippen LogP contribution < -0.4 is 5.32 Å². The molecule has 0 fully saturated rings. The fourth-order valence-electron chi connectivity index (χ4n) is 2.33. The largest absolute Gasteiger partial charge is 0.343 e. The SMILES string of the molecule is CC(C)N(Cc1ccccc1)C(=O)CNC(=O)c1cccc(F)c1. The summed E-state index contributed by atoms with van der Waals surface area (Å²) in [6.45, 7) is 4.21. The van der Waals surface area contributed by atoms with Gasteiger partial charge in [-0.3, -0.25) is 9.59 Å². The van der Waals surface area contributed by atoms with Gasteiger partial charge in [0.1, 0.15) is 5.82 Å². The highest BCUT2D eigenvalue weighted by Gasteiger charge is 2.18. The number of carbonyl (C=O) groups excluding carboxylic acids is 2. The van der Waals surface area contributed by atoms with E-state index in [1.54, 1.807) is 4.90 Å². The monoisotopic (exact) mass is 328 g/mol.